The van der Waals surface area contributed by atoms with E-state index in [0.29, 0.717) is 24.5 Å². The molecule has 1 unspecified atom stereocenters. The molecule has 8 nitrogen and oxygen atoms in total. The van der Waals surface area contributed by atoms with E-state index in [4.69, 9.17) is 4.74 Å². The van der Waals surface area contributed by atoms with Crippen molar-refractivity contribution in [1.29, 1.82) is 0 Å². The molecule has 0 saturated carbocycles. The van der Waals surface area contributed by atoms with E-state index < -0.39 is 23.4 Å². The van der Waals surface area contributed by atoms with Gasteiger partial charge in [-0.2, -0.15) is 0 Å². The van der Waals surface area contributed by atoms with Gasteiger partial charge >= 0.3 is 6.03 Å². The van der Waals surface area contributed by atoms with E-state index in [9.17, 15) is 14.4 Å². The Balaban J connectivity index is 1.30. The monoisotopic (exact) mass is 484 g/mol. The first kappa shape index (κ1) is 23.6. The molecule has 36 heavy (non-hydrogen) atoms. The molecule has 2 aliphatic rings. The van der Waals surface area contributed by atoms with Crippen LogP contribution in [-0.2, 0) is 26.3 Å². The molecule has 1 atom stereocenters. The molecule has 2 N–H and O–H groups in total. The number of urea groups is 1. The van der Waals surface area contributed by atoms with E-state index in [1.807, 2.05) is 84.9 Å². The summed E-state index contributed by atoms with van der Waals surface area (Å²) in [6.45, 7) is 2.66. The lowest BCUT2D eigenvalue weighted by Crippen LogP contribution is -2.46. The molecule has 2 fully saturated rings. The van der Waals surface area contributed by atoms with Crippen LogP contribution in [0.15, 0.2) is 84.9 Å². The predicted molar refractivity (Wildman–Crippen MR) is 137 cm³/mol. The SMILES string of the molecule is O=C(CN1C(=O)NC(Cc2ccccc2)(c2ccccc2)C1=O)Nc1ccc(N2CCOCC2)cc1. The second-order valence-electron chi connectivity index (χ2n) is 8.95. The number of benzene rings is 3. The highest BCUT2D eigenvalue weighted by molar-refractivity contribution is 6.10. The topological polar surface area (TPSA) is 91.0 Å². The number of imide groups is 1. The van der Waals surface area contributed by atoms with Gasteiger partial charge in [-0.1, -0.05) is 60.7 Å². The Morgan fingerprint density at radius 1 is 0.889 bits per heavy atom. The minimum absolute atomic E-state index is 0.281. The second kappa shape index (κ2) is 10.2. The number of anilines is 2. The van der Waals surface area contributed by atoms with Gasteiger partial charge in [0.1, 0.15) is 6.54 Å². The maximum absolute atomic E-state index is 13.7. The molecule has 0 bridgehead atoms. The summed E-state index contributed by atoms with van der Waals surface area (Å²) in [6.07, 6.45) is 0.281. The minimum Gasteiger partial charge on any atom is -0.378 e. The number of hydrogen-bond donors (Lipinski definition) is 2. The van der Waals surface area contributed by atoms with Gasteiger partial charge in [-0.25, -0.2) is 4.79 Å². The molecule has 3 aromatic carbocycles. The molecular weight excluding hydrogens is 456 g/mol. The number of hydrogen-bond acceptors (Lipinski definition) is 5. The number of nitrogens with zero attached hydrogens (tertiary/aromatic N) is 2. The number of ether oxygens (including phenoxy) is 1. The third-order valence-electron chi connectivity index (χ3n) is 6.58. The molecule has 0 aromatic heterocycles. The lowest BCUT2D eigenvalue weighted by atomic mass is 9.83. The van der Waals surface area contributed by atoms with Crippen molar-refractivity contribution in [2.45, 2.75) is 12.0 Å². The summed E-state index contributed by atoms with van der Waals surface area (Å²) in [5.74, 6) is -0.887. The molecular formula is C28H28N4O4. The van der Waals surface area contributed by atoms with Crippen molar-refractivity contribution >= 4 is 29.2 Å². The lowest BCUT2D eigenvalue weighted by molar-refractivity contribution is -0.134. The Bertz CT molecular complexity index is 1230. The van der Waals surface area contributed by atoms with E-state index >= 15 is 0 Å². The average Bonchev–Trinajstić information content (AvgIpc) is 3.15. The molecule has 184 valence electrons. The maximum Gasteiger partial charge on any atom is 0.325 e. The number of nitrogens with one attached hydrogen (secondary N) is 2. The summed E-state index contributed by atoms with van der Waals surface area (Å²) in [5, 5.41) is 5.69. The molecule has 3 aromatic rings. The number of amides is 4. The van der Waals surface area contributed by atoms with Crippen molar-refractivity contribution < 1.29 is 19.1 Å². The van der Waals surface area contributed by atoms with Gasteiger partial charge < -0.3 is 20.3 Å². The summed E-state index contributed by atoms with van der Waals surface area (Å²) in [5.41, 5.74) is 1.96. The summed E-state index contributed by atoms with van der Waals surface area (Å²) in [6, 6.07) is 25.6. The molecule has 5 rings (SSSR count). The highest BCUT2D eigenvalue weighted by Gasteiger charge is 2.52. The van der Waals surface area contributed by atoms with E-state index in [1.54, 1.807) is 0 Å². The van der Waals surface area contributed by atoms with Crippen LogP contribution >= 0.6 is 0 Å². The average molecular weight is 485 g/mol. The van der Waals surface area contributed by atoms with Crippen molar-refractivity contribution in [2.75, 3.05) is 43.1 Å². The smallest absolute Gasteiger partial charge is 0.325 e. The Kier molecular flexibility index (Phi) is 6.69. The fourth-order valence-electron chi connectivity index (χ4n) is 4.73. The molecule has 4 amide bonds. The highest BCUT2D eigenvalue weighted by atomic mass is 16.5. The van der Waals surface area contributed by atoms with Crippen LogP contribution in [0.5, 0.6) is 0 Å². The van der Waals surface area contributed by atoms with Crippen LogP contribution in [0.3, 0.4) is 0 Å². The zero-order valence-corrected chi connectivity index (χ0v) is 19.9. The van der Waals surface area contributed by atoms with E-state index in [0.717, 1.165) is 29.2 Å². The second-order valence-corrected chi connectivity index (χ2v) is 8.95. The molecule has 0 spiro atoms. The van der Waals surface area contributed by atoms with Crippen LogP contribution in [0.2, 0.25) is 0 Å². The van der Waals surface area contributed by atoms with Crippen molar-refractivity contribution in [1.82, 2.24) is 10.2 Å². The van der Waals surface area contributed by atoms with Gasteiger partial charge in [-0.05, 0) is 35.4 Å². The Hall–Kier alpha value is -4.17. The highest BCUT2D eigenvalue weighted by Crippen LogP contribution is 2.33. The van der Waals surface area contributed by atoms with E-state index in [2.05, 4.69) is 15.5 Å². The van der Waals surface area contributed by atoms with Crippen LogP contribution < -0.4 is 15.5 Å². The van der Waals surface area contributed by atoms with Crippen molar-refractivity contribution in [2.24, 2.45) is 0 Å². The minimum atomic E-state index is -1.28. The molecule has 2 saturated heterocycles. The summed E-state index contributed by atoms with van der Waals surface area (Å²) >= 11 is 0. The van der Waals surface area contributed by atoms with E-state index in [1.165, 1.54) is 0 Å². The first-order valence-corrected chi connectivity index (χ1v) is 12.0. The van der Waals surface area contributed by atoms with E-state index in [-0.39, 0.29) is 13.0 Å². The van der Waals surface area contributed by atoms with Crippen LogP contribution in [-0.4, -0.2) is 55.6 Å². The lowest BCUT2D eigenvalue weighted by Gasteiger charge is -2.29. The number of carbonyl (C=O) groups is 3. The number of morpholine rings is 1. The summed E-state index contributed by atoms with van der Waals surface area (Å²) in [4.78, 5) is 42.7. The Morgan fingerprint density at radius 3 is 2.19 bits per heavy atom. The van der Waals surface area contributed by atoms with Gasteiger partial charge in [-0.15, -0.1) is 0 Å². The van der Waals surface area contributed by atoms with Crippen molar-refractivity contribution in [3.05, 3.63) is 96.1 Å². The van der Waals surface area contributed by atoms with Crippen molar-refractivity contribution in [3.8, 4) is 0 Å². The van der Waals surface area contributed by atoms with Gasteiger partial charge in [0.2, 0.25) is 5.91 Å². The quantitative estimate of drug-likeness (QED) is 0.503. The normalized spacial score (nSPS) is 19.8. The first-order valence-electron chi connectivity index (χ1n) is 12.0. The van der Waals surface area contributed by atoms with Gasteiger partial charge in [0.15, 0.2) is 5.54 Å². The molecule has 8 heteroatoms. The number of carbonyl (C=O) groups excluding carboxylic acids is 3. The predicted octanol–water partition coefficient (Wildman–Crippen LogP) is 3.15. The molecule has 2 heterocycles. The van der Waals surface area contributed by atoms with Crippen molar-refractivity contribution in [3.63, 3.8) is 0 Å². The third-order valence-corrected chi connectivity index (χ3v) is 6.58. The molecule has 0 radical (unpaired) electrons. The zero-order valence-electron chi connectivity index (χ0n) is 19.9. The van der Waals surface area contributed by atoms with Gasteiger partial charge in [0.25, 0.3) is 5.91 Å². The summed E-state index contributed by atoms with van der Waals surface area (Å²) < 4.78 is 5.39. The van der Waals surface area contributed by atoms with Crippen LogP contribution in [0.4, 0.5) is 16.2 Å². The van der Waals surface area contributed by atoms with Crippen LogP contribution in [0, 0.1) is 0 Å². The van der Waals surface area contributed by atoms with Gasteiger partial charge in [-0.3, -0.25) is 14.5 Å². The molecule has 0 aliphatic carbocycles. The fourth-order valence-corrected chi connectivity index (χ4v) is 4.73. The Labute approximate surface area is 209 Å². The standard InChI is InChI=1S/C28H28N4O4/c33-25(29-23-11-13-24(14-12-23)31-15-17-36-18-16-31)20-32-26(34)28(30-27(32)35,22-9-5-2-6-10-22)19-21-7-3-1-4-8-21/h1-14H,15-20H2,(H,29,33)(H,30,35). The third kappa shape index (κ3) is 4.81. The number of rotatable bonds is 7. The fraction of sp³-hybridized carbons (Fsp3) is 0.250. The first-order chi connectivity index (χ1) is 17.5. The molecule has 2 aliphatic heterocycles. The van der Waals surface area contributed by atoms with Gasteiger partial charge in [0, 0.05) is 30.9 Å². The van der Waals surface area contributed by atoms with Gasteiger partial charge in [0.05, 0.1) is 13.2 Å². The Morgan fingerprint density at radius 2 is 1.53 bits per heavy atom. The zero-order chi connectivity index (χ0) is 25.0. The van der Waals surface area contributed by atoms with Crippen LogP contribution in [0.1, 0.15) is 11.1 Å². The summed E-state index contributed by atoms with van der Waals surface area (Å²) in [7, 11) is 0. The largest absolute Gasteiger partial charge is 0.378 e. The van der Waals surface area contributed by atoms with Crippen LogP contribution in [0.25, 0.3) is 0 Å². The maximum atomic E-state index is 13.7.